The second-order valence-corrected chi connectivity index (χ2v) is 6.11. The molecule has 3 rings (SSSR count). The lowest BCUT2D eigenvalue weighted by Gasteiger charge is -2.31. The molecule has 1 saturated carbocycles. The monoisotopic (exact) mass is 248 g/mol. The Kier molecular flexibility index (Phi) is 3.37. The number of nitrogens with zero attached hydrogens (tertiary/aromatic N) is 3. The highest BCUT2D eigenvalue weighted by Gasteiger charge is 2.31. The van der Waals surface area contributed by atoms with Crippen LogP contribution in [0, 0.1) is 11.8 Å². The van der Waals surface area contributed by atoms with E-state index in [1.807, 2.05) is 0 Å². The zero-order chi connectivity index (χ0) is 12.5. The van der Waals surface area contributed by atoms with Gasteiger partial charge in [-0.25, -0.2) is 0 Å². The van der Waals surface area contributed by atoms with E-state index in [1.54, 1.807) is 0 Å². The highest BCUT2D eigenvalue weighted by molar-refractivity contribution is 5.07. The fraction of sp³-hybridized carbons (Fsp3) is 0.857. The van der Waals surface area contributed by atoms with Gasteiger partial charge in [0.2, 0.25) is 0 Å². The van der Waals surface area contributed by atoms with Crippen molar-refractivity contribution in [2.45, 2.75) is 57.9 Å². The normalized spacial score (nSPS) is 32.2. The molecule has 0 aromatic carbocycles. The topological polar surface area (TPSA) is 56.7 Å². The average molecular weight is 248 g/mol. The molecule has 4 nitrogen and oxygen atoms in total. The van der Waals surface area contributed by atoms with Gasteiger partial charge in [0, 0.05) is 18.9 Å². The van der Waals surface area contributed by atoms with Crippen LogP contribution in [0.1, 0.15) is 56.6 Å². The quantitative estimate of drug-likeness (QED) is 0.872. The van der Waals surface area contributed by atoms with Crippen LogP contribution < -0.4 is 5.73 Å². The van der Waals surface area contributed by atoms with E-state index in [-0.39, 0.29) is 0 Å². The van der Waals surface area contributed by atoms with Gasteiger partial charge in [-0.05, 0) is 37.6 Å². The fourth-order valence-electron chi connectivity index (χ4n) is 3.61. The molecule has 100 valence electrons. The van der Waals surface area contributed by atoms with Crippen molar-refractivity contribution < 1.29 is 0 Å². The Bertz CT molecular complexity index is 412. The zero-order valence-corrected chi connectivity index (χ0v) is 11.3. The fourth-order valence-corrected chi connectivity index (χ4v) is 3.61. The molecule has 0 spiro atoms. The van der Waals surface area contributed by atoms with E-state index in [1.165, 1.54) is 43.8 Å². The first-order valence-electron chi connectivity index (χ1n) is 7.41. The number of rotatable bonds is 2. The first-order chi connectivity index (χ1) is 8.79. The minimum atomic E-state index is 0.554. The predicted molar refractivity (Wildman–Crippen MR) is 71.3 cm³/mol. The molecule has 2 N–H and O–H groups in total. The van der Waals surface area contributed by atoms with Crippen molar-refractivity contribution in [2.75, 3.05) is 6.54 Å². The first-order valence-corrected chi connectivity index (χ1v) is 7.41. The van der Waals surface area contributed by atoms with Gasteiger partial charge in [-0.1, -0.05) is 19.8 Å². The van der Waals surface area contributed by atoms with E-state index in [0.717, 1.165) is 25.4 Å². The zero-order valence-electron chi connectivity index (χ0n) is 11.3. The maximum atomic E-state index is 5.94. The second-order valence-electron chi connectivity index (χ2n) is 6.11. The summed E-state index contributed by atoms with van der Waals surface area (Å²) >= 11 is 0. The Labute approximate surface area is 109 Å². The molecule has 0 amide bonds. The third-order valence-corrected chi connectivity index (χ3v) is 4.78. The van der Waals surface area contributed by atoms with Crippen molar-refractivity contribution in [2.24, 2.45) is 17.6 Å². The van der Waals surface area contributed by atoms with Crippen LogP contribution in [0.5, 0.6) is 0 Å². The van der Waals surface area contributed by atoms with Gasteiger partial charge >= 0.3 is 0 Å². The van der Waals surface area contributed by atoms with Crippen LogP contribution >= 0.6 is 0 Å². The van der Waals surface area contributed by atoms with Crippen molar-refractivity contribution in [3.05, 3.63) is 11.6 Å². The summed E-state index contributed by atoms with van der Waals surface area (Å²) in [7, 11) is 0. The third kappa shape index (κ3) is 2.07. The summed E-state index contributed by atoms with van der Waals surface area (Å²) in [5.41, 5.74) is 5.94. The number of hydrogen-bond acceptors (Lipinski definition) is 3. The maximum Gasteiger partial charge on any atom is 0.136 e. The third-order valence-electron chi connectivity index (χ3n) is 4.78. The molecule has 1 aliphatic heterocycles. The smallest absolute Gasteiger partial charge is 0.136 e. The molecule has 0 saturated heterocycles. The van der Waals surface area contributed by atoms with E-state index in [9.17, 15) is 0 Å². The van der Waals surface area contributed by atoms with Crippen LogP contribution in [-0.4, -0.2) is 21.3 Å². The molecule has 18 heavy (non-hydrogen) atoms. The Morgan fingerprint density at radius 2 is 2.06 bits per heavy atom. The lowest BCUT2D eigenvalue weighted by atomic mass is 9.78. The van der Waals surface area contributed by atoms with Gasteiger partial charge in [0.1, 0.15) is 11.6 Å². The van der Waals surface area contributed by atoms with Crippen molar-refractivity contribution in [1.82, 2.24) is 14.8 Å². The molecule has 0 radical (unpaired) electrons. The van der Waals surface area contributed by atoms with Crippen molar-refractivity contribution >= 4 is 0 Å². The maximum absolute atomic E-state index is 5.94. The summed E-state index contributed by atoms with van der Waals surface area (Å²) in [6.45, 7) is 4.21. The highest BCUT2D eigenvalue weighted by Crippen LogP contribution is 2.37. The van der Waals surface area contributed by atoms with Gasteiger partial charge in [0.05, 0.1) is 0 Å². The van der Waals surface area contributed by atoms with E-state index in [2.05, 4.69) is 21.7 Å². The van der Waals surface area contributed by atoms with E-state index in [0.29, 0.717) is 11.8 Å². The molecule has 4 heteroatoms. The molecule has 2 heterocycles. The van der Waals surface area contributed by atoms with Crippen LogP contribution in [0.25, 0.3) is 0 Å². The highest BCUT2D eigenvalue weighted by atomic mass is 15.3. The molecule has 0 bridgehead atoms. The van der Waals surface area contributed by atoms with Crippen LogP contribution in [0.4, 0.5) is 0 Å². The standard InChI is InChI=1S/C14H24N4/c1-10-6-7-18-13(8-10)16-17-14(18)12-5-3-2-4-11(12)9-15/h10-12H,2-9,15H2,1H3. The van der Waals surface area contributed by atoms with Crippen LogP contribution in [0.2, 0.25) is 0 Å². The van der Waals surface area contributed by atoms with Crippen LogP contribution in [-0.2, 0) is 13.0 Å². The molecular formula is C14H24N4. The summed E-state index contributed by atoms with van der Waals surface area (Å²) < 4.78 is 2.39. The molecule has 1 aromatic heterocycles. The van der Waals surface area contributed by atoms with Crippen molar-refractivity contribution in [1.29, 1.82) is 0 Å². The molecular weight excluding hydrogens is 224 g/mol. The van der Waals surface area contributed by atoms with Crippen LogP contribution in [0.15, 0.2) is 0 Å². The Morgan fingerprint density at radius 3 is 2.89 bits per heavy atom. The average Bonchev–Trinajstić information content (AvgIpc) is 2.81. The predicted octanol–water partition coefficient (Wildman–Crippen LogP) is 2.09. The Balaban J connectivity index is 1.87. The van der Waals surface area contributed by atoms with Crippen LogP contribution in [0.3, 0.4) is 0 Å². The largest absolute Gasteiger partial charge is 0.330 e. The Morgan fingerprint density at radius 1 is 1.22 bits per heavy atom. The summed E-state index contributed by atoms with van der Waals surface area (Å²) in [6.07, 6.45) is 7.51. The minimum Gasteiger partial charge on any atom is -0.330 e. The molecule has 2 aliphatic rings. The second kappa shape index (κ2) is 5.00. The lowest BCUT2D eigenvalue weighted by molar-refractivity contribution is 0.290. The number of fused-ring (bicyclic) bond motifs is 1. The number of aromatic nitrogens is 3. The molecule has 1 fully saturated rings. The van der Waals surface area contributed by atoms with E-state index >= 15 is 0 Å². The molecule has 3 atom stereocenters. The van der Waals surface area contributed by atoms with Gasteiger partial charge in [-0.15, -0.1) is 10.2 Å². The van der Waals surface area contributed by atoms with E-state index < -0.39 is 0 Å². The Hall–Kier alpha value is -0.900. The molecule has 3 unspecified atom stereocenters. The van der Waals surface area contributed by atoms with Gasteiger partial charge in [-0.2, -0.15) is 0 Å². The van der Waals surface area contributed by atoms with Gasteiger partial charge < -0.3 is 10.3 Å². The van der Waals surface area contributed by atoms with Crippen molar-refractivity contribution in [3.63, 3.8) is 0 Å². The van der Waals surface area contributed by atoms with Gasteiger partial charge in [-0.3, -0.25) is 0 Å². The lowest BCUT2D eigenvalue weighted by Crippen LogP contribution is -2.29. The molecule has 1 aliphatic carbocycles. The summed E-state index contributed by atoms with van der Waals surface area (Å²) in [5.74, 6) is 4.35. The minimum absolute atomic E-state index is 0.554. The number of nitrogens with two attached hydrogens (primary N) is 1. The number of hydrogen-bond donors (Lipinski definition) is 1. The first kappa shape index (κ1) is 12.2. The van der Waals surface area contributed by atoms with Crippen molar-refractivity contribution in [3.8, 4) is 0 Å². The van der Waals surface area contributed by atoms with Gasteiger partial charge in [0.15, 0.2) is 0 Å². The summed E-state index contributed by atoms with van der Waals surface area (Å²) in [5, 5.41) is 8.93. The molecule has 1 aromatic rings. The van der Waals surface area contributed by atoms with Gasteiger partial charge in [0.25, 0.3) is 0 Å². The van der Waals surface area contributed by atoms with E-state index in [4.69, 9.17) is 5.73 Å². The SMILES string of the molecule is CC1CCn2c(nnc2C2CCCCC2CN)C1. The summed E-state index contributed by atoms with van der Waals surface area (Å²) in [6, 6.07) is 0. The summed E-state index contributed by atoms with van der Waals surface area (Å²) in [4.78, 5) is 0.